The molecule has 0 amide bonds. The zero-order valence-corrected chi connectivity index (χ0v) is 16.4. The van der Waals surface area contributed by atoms with E-state index in [2.05, 4.69) is 92.1 Å². The van der Waals surface area contributed by atoms with Crippen molar-refractivity contribution in [3.8, 4) is 0 Å². The van der Waals surface area contributed by atoms with E-state index < -0.39 is 0 Å². The topological polar surface area (TPSA) is 12.0 Å². The van der Waals surface area contributed by atoms with Gasteiger partial charge in [-0.2, -0.15) is 0 Å². The highest BCUT2D eigenvalue weighted by Gasteiger charge is 2.13. The van der Waals surface area contributed by atoms with Gasteiger partial charge in [0.1, 0.15) is 0 Å². The molecule has 4 heteroatoms. The van der Waals surface area contributed by atoms with Crippen LogP contribution in [0.5, 0.6) is 0 Å². The number of halogens is 3. The highest BCUT2D eigenvalue weighted by molar-refractivity contribution is 9.11. The molecule has 0 aliphatic heterocycles. The summed E-state index contributed by atoms with van der Waals surface area (Å²) in [7, 11) is 0. The summed E-state index contributed by atoms with van der Waals surface area (Å²) < 4.78 is 3.12. The molecule has 106 valence electrons. The predicted octanol–water partition coefficient (Wildman–Crippen LogP) is 6.76. The normalized spacial score (nSPS) is 12.3. The van der Waals surface area contributed by atoms with Gasteiger partial charge in [0.2, 0.25) is 0 Å². The highest BCUT2D eigenvalue weighted by Crippen LogP contribution is 2.36. The summed E-state index contributed by atoms with van der Waals surface area (Å²) in [5.41, 5.74) is 5.00. The molecular weight excluding hydrogens is 446 g/mol. The molecule has 1 N–H and O–H groups in total. The molecule has 0 aliphatic carbocycles. The van der Waals surface area contributed by atoms with E-state index in [0.29, 0.717) is 0 Å². The third-order valence-electron chi connectivity index (χ3n) is 3.26. The second-order valence-corrected chi connectivity index (χ2v) is 7.59. The van der Waals surface area contributed by atoms with Crippen molar-refractivity contribution in [3.63, 3.8) is 0 Å². The molecule has 0 fully saturated rings. The third-order valence-corrected chi connectivity index (χ3v) is 4.97. The van der Waals surface area contributed by atoms with Crippen LogP contribution >= 0.6 is 47.8 Å². The van der Waals surface area contributed by atoms with Crippen LogP contribution in [0.1, 0.15) is 29.7 Å². The van der Waals surface area contributed by atoms with E-state index in [9.17, 15) is 0 Å². The summed E-state index contributed by atoms with van der Waals surface area (Å²) >= 11 is 10.7. The minimum atomic E-state index is 0.240. The van der Waals surface area contributed by atoms with Gasteiger partial charge in [0.05, 0.1) is 5.69 Å². The van der Waals surface area contributed by atoms with Gasteiger partial charge < -0.3 is 5.32 Å². The Morgan fingerprint density at radius 3 is 2.10 bits per heavy atom. The maximum atomic E-state index is 3.61. The molecule has 0 saturated carbocycles. The van der Waals surface area contributed by atoms with Crippen molar-refractivity contribution in [1.29, 1.82) is 0 Å². The standard InChI is InChI=1S/C16H16Br3N/c1-9-4-5-13(10(2)6-9)11(3)20-16-14(18)7-12(17)8-15(16)19/h4-8,11,20H,1-3H3. The molecule has 1 nitrogen and oxygen atoms in total. The largest absolute Gasteiger partial charge is 0.377 e. The minimum absolute atomic E-state index is 0.240. The number of benzene rings is 2. The van der Waals surface area contributed by atoms with Crippen LogP contribution in [-0.2, 0) is 0 Å². The molecule has 0 bridgehead atoms. The molecule has 0 heterocycles. The Bertz CT molecular complexity index is 615. The van der Waals surface area contributed by atoms with Gasteiger partial charge in [-0.05, 0) is 75.9 Å². The number of anilines is 1. The zero-order valence-electron chi connectivity index (χ0n) is 11.6. The third kappa shape index (κ3) is 3.66. The van der Waals surface area contributed by atoms with E-state index in [0.717, 1.165) is 19.1 Å². The van der Waals surface area contributed by atoms with Crippen LogP contribution in [0.4, 0.5) is 5.69 Å². The second-order valence-electron chi connectivity index (χ2n) is 4.97. The van der Waals surface area contributed by atoms with Crippen molar-refractivity contribution in [2.45, 2.75) is 26.8 Å². The molecular formula is C16H16Br3N. The fourth-order valence-corrected chi connectivity index (χ4v) is 4.77. The van der Waals surface area contributed by atoms with E-state index in [1.54, 1.807) is 0 Å². The molecule has 2 rings (SSSR count). The first-order valence-corrected chi connectivity index (χ1v) is 8.74. The number of aryl methyl sites for hydroxylation is 2. The summed E-state index contributed by atoms with van der Waals surface area (Å²) in [6, 6.07) is 10.9. The smallest absolute Gasteiger partial charge is 0.0634 e. The SMILES string of the molecule is Cc1ccc(C(C)Nc2c(Br)cc(Br)cc2Br)c(C)c1. The Labute approximate surface area is 145 Å². The summed E-state index contributed by atoms with van der Waals surface area (Å²) in [6.45, 7) is 6.46. The molecule has 0 aliphatic rings. The Morgan fingerprint density at radius 2 is 1.55 bits per heavy atom. The van der Waals surface area contributed by atoms with Gasteiger partial charge in [0, 0.05) is 19.5 Å². The average Bonchev–Trinajstić information content (AvgIpc) is 2.33. The van der Waals surface area contributed by atoms with Crippen molar-refractivity contribution in [2.75, 3.05) is 5.32 Å². The zero-order chi connectivity index (χ0) is 14.9. The Balaban J connectivity index is 2.30. The fraction of sp³-hybridized carbons (Fsp3) is 0.250. The second kappa shape index (κ2) is 6.63. The molecule has 1 unspecified atom stereocenters. The number of hydrogen-bond acceptors (Lipinski definition) is 1. The Kier molecular flexibility index (Phi) is 5.32. The van der Waals surface area contributed by atoms with Gasteiger partial charge in [0.25, 0.3) is 0 Å². The molecule has 0 radical (unpaired) electrons. The van der Waals surface area contributed by atoms with Gasteiger partial charge in [-0.1, -0.05) is 39.7 Å². The summed E-state index contributed by atoms with van der Waals surface area (Å²) in [4.78, 5) is 0. The quantitative estimate of drug-likeness (QED) is 0.532. The first-order valence-electron chi connectivity index (χ1n) is 6.36. The molecule has 2 aromatic rings. The molecule has 0 spiro atoms. The Hall–Kier alpha value is -0.320. The predicted molar refractivity (Wildman–Crippen MR) is 97.5 cm³/mol. The maximum absolute atomic E-state index is 3.61. The van der Waals surface area contributed by atoms with Crippen molar-refractivity contribution in [3.05, 3.63) is 60.4 Å². The summed E-state index contributed by atoms with van der Waals surface area (Å²) in [5.74, 6) is 0. The van der Waals surface area contributed by atoms with E-state index >= 15 is 0 Å². The molecule has 2 aromatic carbocycles. The van der Waals surface area contributed by atoms with Gasteiger partial charge >= 0.3 is 0 Å². The van der Waals surface area contributed by atoms with E-state index in [1.165, 1.54) is 16.7 Å². The number of hydrogen-bond donors (Lipinski definition) is 1. The Morgan fingerprint density at radius 1 is 0.950 bits per heavy atom. The van der Waals surface area contributed by atoms with Crippen LogP contribution in [0.25, 0.3) is 0 Å². The number of nitrogens with one attached hydrogen (secondary N) is 1. The first kappa shape index (κ1) is 16.1. The van der Waals surface area contributed by atoms with Gasteiger partial charge in [-0.3, -0.25) is 0 Å². The van der Waals surface area contributed by atoms with Crippen LogP contribution < -0.4 is 5.32 Å². The fourth-order valence-electron chi connectivity index (χ4n) is 2.29. The minimum Gasteiger partial charge on any atom is -0.377 e. The van der Waals surface area contributed by atoms with E-state index in [-0.39, 0.29) is 6.04 Å². The summed E-state index contributed by atoms with van der Waals surface area (Å²) in [6.07, 6.45) is 0. The molecule has 20 heavy (non-hydrogen) atoms. The van der Waals surface area contributed by atoms with Crippen molar-refractivity contribution < 1.29 is 0 Å². The van der Waals surface area contributed by atoms with E-state index in [4.69, 9.17) is 0 Å². The van der Waals surface area contributed by atoms with Gasteiger partial charge in [-0.15, -0.1) is 0 Å². The molecule has 0 saturated heterocycles. The van der Waals surface area contributed by atoms with Crippen LogP contribution in [0, 0.1) is 13.8 Å². The van der Waals surface area contributed by atoms with Crippen molar-refractivity contribution in [1.82, 2.24) is 0 Å². The summed E-state index contributed by atoms with van der Waals surface area (Å²) in [5, 5.41) is 3.57. The average molecular weight is 462 g/mol. The molecule has 1 atom stereocenters. The van der Waals surface area contributed by atoms with Crippen LogP contribution in [-0.4, -0.2) is 0 Å². The lowest BCUT2D eigenvalue weighted by molar-refractivity contribution is 0.871. The van der Waals surface area contributed by atoms with Gasteiger partial charge in [-0.25, -0.2) is 0 Å². The first-order chi connectivity index (χ1) is 9.38. The van der Waals surface area contributed by atoms with Crippen LogP contribution in [0.15, 0.2) is 43.7 Å². The van der Waals surface area contributed by atoms with Crippen molar-refractivity contribution in [2.24, 2.45) is 0 Å². The van der Waals surface area contributed by atoms with Gasteiger partial charge in [0.15, 0.2) is 0 Å². The number of rotatable bonds is 3. The van der Waals surface area contributed by atoms with Crippen LogP contribution in [0.2, 0.25) is 0 Å². The lowest BCUT2D eigenvalue weighted by Gasteiger charge is -2.20. The molecule has 0 aromatic heterocycles. The van der Waals surface area contributed by atoms with E-state index in [1.807, 2.05) is 12.1 Å². The van der Waals surface area contributed by atoms with Crippen LogP contribution in [0.3, 0.4) is 0 Å². The monoisotopic (exact) mass is 459 g/mol. The highest BCUT2D eigenvalue weighted by atomic mass is 79.9. The maximum Gasteiger partial charge on any atom is 0.0634 e. The lowest BCUT2D eigenvalue weighted by atomic mass is 10.00. The lowest BCUT2D eigenvalue weighted by Crippen LogP contribution is -2.09. The van der Waals surface area contributed by atoms with Crippen molar-refractivity contribution >= 4 is 53.5 Å².